The predicted octanol–water partition coefficient (Wildman–Crippen LogP) is 2.75. The van der Waals surface area contributed by atoms with Crippen LogP contribution in [0.3, 0.4) is 0 Å². The molecule has 0 saturated heterocycles. The van der Waals surface area contributed by atoms with Crippen molar-refractivity contribution in [2.75, 3.05) is 0 Å². The molecule has 0 radical (unpaired) electrons. The number of ether oxygens (including phenoxy) is 1. The summed E-state index contributed by atoms with van der Waals surface area (Å²) in [4.78, 5) is 28.9. The Balaban J connectivity index is 1.77. The molecule has 10 heteroatoms. The van der Waals surface area contributed by atoms with Gasteiger partial charge in [0.05, 0.1) is 29.7 Å². The van der Waals surface area contributed by atoms with E-state index in [9.17, 15) is 14.7 Å². The molecule has 168 valence electrons. The Hall–Kier alpha value is -2.56. The lowest BCUT2D eigenvalue weighted by Crippen LogP contribution is -2.58. The number of thiophene rings is 1. The maximum atomic E-state index is 11.9. The van der Waals surface area contributed by atoms with Gasteiger partial charge in [-0.15, -0.1) is 11.3 Å². The molecule has 1 aliphatic carbocycles. The molecule has 2 aromatic rings. The number of carboxylic acid groups (broad SMARTS) is 1. The Kier molecular flexibility index (Phi) is 7.94. The Morgan fingerprint density at radius 1 is 1.39 bits per heavy atom. The monoisotopic (exact) mass is 448 g/mol. The highest BCUT2D eigenvalue weighted by atomic mass is 32.1. The number of rotatable bonds is 10. The maximum absolute atomic E-state index is 11.9. The second-order valence-corrected chi connectivity index (χ2v) is 8.39. The van der Waals surface area contributed by atoms with Crippen molar-refractivity contribution >= 4 is 23.2 Å². The molecule has 3 N–H and O–H groups in total. The van der Waals surface area contributed by atoms with Crippen LogP contribution in [0.1, 0.15) is 45.9 Å². The molecule has 31 heavy (non-hydrogen) atoms. The highest BCUT2D eigenvalue weighted by Crippen LogP contribution is 2.25. The summed E-state index contributed by atoms with van der Waals surface area (Å²) in [5.74, 6) is -0.309. The molecule has 0 fully saturated rings. The summed E-state index contributed by atoms with van der Waals surface area (Å²) in [6.07, 6.45) is 2.85. The zero-order valence-electron chi connectivity index (χ0n) is 17.8. The highest BCUT2D eigenvalue weighted by Gasteiger charge is 2.37. The minimum atomic E-state index is -0.995. The summed E-state index contributed by atoms with van der Waals surface area (Å²) >= 11 is 1.50. The van der Waals surface area contributed by atoms with Crippen LogP contribution in [0.15, 0.2) is 33.7 Å². The zero-order valence-corrected chi connectivity index (χ0v) is 18.6. The van der Waals surface area contributed by atoms with Crippen molar-refractivity contribution < 1.29 is 24.0 Å². The van der Waals surface area contributed by atoms with Crippen LogP contribution in [0.2, 0.25) is 0 Å². The minimum Gasteiger partial charge on any atom is -0.478 e. The molecule has 2 aromatic heterocycles. The number of aliphatic carboxylic acids is 1. The summed E-state index contributed by atoms with van der Waals surface area (Å²) in [5, 5.41) is 21.8. The van der Waals surface area contributed by atoms with E-state index in [2.05, 4.69) is 20.8 Å². The van der Waals surface area contributed by atoms with E-state index in [-0.39, 0.29) is 36.6 Å². The normalized spacial score (nSPS) is 21.2. The Morgan fingerprint density at radius 3 is 2.77 bits per heavy atom. The number of amides is 1. The molecule has 0 aromatic carbocycles. The number of carbonyl (C=O) groups is 2. The van der Waals surface area contributed by atoms with E-state index < -0.39 is 18.1 Å². The smallest absolute Gasteiger partial charge is 0.331 e. The van der Waals surface area contributed by atoms with E-state index in [0.717, 1.165) is 17.7 Å². The lowest BCUT2D eigenvalue weighted by Gasteiger charge is -2.38. The fraction of sp³-hybridized carbons (Fsp3) is 0.524. The average molecular weight is 449 g/mol. The van der Waals surface area contributed by atoms with E-state index in [1.807, 2.05) is 31.4 Å². The fourth-order valence-electron chi connectivity index (χ4n) is 3.61. The third-order valence-corrected chi connectivity index (χ3v) is 6.08. The summed E-state index contributed by atoms with van der Waals surface area (Å²) in [6.45, 7) is 5.74. The Morgan fingerprint density at radius 2 is 2.16 bits per heavy atom. The number of aromatic nitrogens is 2. The molecule has 3 rings (SSSR count). The van der Waals surface area contributed by atoms with Gasteiger partial charge in [0.15, 0.2) is 5.82 Å². The second-order valence-electron chi connectivity index (χ2n) is 7.45. The van der Waals surface area contributed by atoms with Gasteiger partial charge < -0.3 is 25.0 Å². The first kappa shape index (κ1) is 23.1. The summed E-state index contributed by atoms with van der Waals surface area (Å²) in [5.41, 5.74) is 0.252. The largest absolute Gasteiger partial charge is 0.478 e. The first-order valence-electron chi connectivity index (χ1n) is 10.4. The van der Waals surface area contributed by atoms with Crippen LogP contribution in [0, 0.1) is 0 Å². The molecule has 1 aliphatic rings. The number of hydrogen-bond donors (Lipinski definition) is 3. The molecule has 0 aliphatic heterocycles. The summed E-state index contributed by atoms with van der Waals surface area (Å²) in [6, 6.07) is 3.00. The number of nitrogens with zero attached hydrogens (tertiary/aromatic N) is 2. The Bertz CT molecular complexity index is 907. The molecule has 3 atom stereocenters. The van der Waals surface area contributed by atoms with Crippen molar-refractivity contribution in [3.8, 4) is 10.8 Å². The van der Waals surface area contributed by atoms with Crippen molar-refractivity contribution in [1.82, 2.24) is 20.8 Å². The number of carboxylic acids is 1. The molecular weight excluding hydrogens is 420 g/mol. The van der Waals surface area contributed by atoms with E-state index in [1.54, 1.807) is 6.08 Å². The molecule has 0 spiro atoms. The molecule has 0 bridgehead atoms. The standard InChI is InChI=1S/C21H28N4O5S/c1-4-14(5-2)29-16-10-13(21(27)28)9-15(19(16)23-12(3)26)22-11-18-24-20(30-25-18)17-7-6-8-31-17/h6-8,10,14-16,19,22H,4-5,9,11H2,1-3H3,(H,23,26)(H,27,28)/t15-,16+,19+/m0/s1. The summed E-state index contributed by atoms with van der Waals surface area (Å²) < 4.78 is 11.5. The predicted molar refractivity (Wildman–Crippen MR) is 115 cm³/mol. The van der Waals surface area contributed by atoms with Crippen LogP contribution in [0.25, 0.3) is 10.8 Å². The molecular formula is C21H28N4O5S. The number of hydrogen-bond acceptors (Lipinski definition) is 8. The van der Waals surface area contributed by atoms with Gasteiger partial charge in [-0.2, -0.15) is 4.98 Å². The van der Waals surface area contributed by atoms with Gasteiger partial charge in [0.2, 0.25) is 5.91 Å². The Labute approximate surface area is 184 Å². The van der Waals surface area contributed by atoms with Gasteiger partial charge in [-0.05, 0) is 36.8 Å². The fourth-order valence-corrected chi connectivity index (χ4v) is 4.26. The lowest BCUT2D eigenvalue weighted by atomic mass is 9.87. The third kappa shape index (κ3) is 5.99. The van der Waals surface area contributed by atoms with Gasteiger partial charge in [0, 0.05) is 18.5 Å². The van der Waals surface area contributed by atoms with Crippen molar-refractivity contribution in [2.24, 2.45) is 0 Å². The molecule has 1 amide bonds. The molecule has 0 unspecified atom stereocenters. The van der Waals surface area contributed by atoms with Crippen LogP contribution in [-0.4, -0.2) is 51.4 Å². The van der Waals surface area contributed by atoms with Crippen molar-refractivity contribution in [2.45, 2.75) is 70.9 Å². The molecule has 2 heterocycles. The third-order valence-electron chi connectivity index (χ3n) is 5.22. The molecule has 9 nitrogen and oxygen atoms in total. The van der Waals surface area contributed by atoms with Crippen LogP contribution >= 0.6 is 11.3 Å². The van der Waals surface area contributed by atoms with Gasteiger partial charge in [0.1, 0.15) is 0 Å². The van der Waals surface area contributed by atoms with E-state index in [0.29, 0.717) is 11.7 Å². The van der Waals surface area contributed by atoms with Gasteiger partial charge >= 0.3 is 5.97 Å². The van der Waals surface area contributed by atoms with Gasteiger partial charge in [-0.25, -0.2) is 4.79 Å². The van der Waals surface area contributed by atoms with E-state index in [1.165, 1.54) is 18.3 Å². The number of nitrogens with one attached hydrogen (secondary N) is 2. The quantitative estimate of drug-likeness (QED) is 0.506. The van der Waals surface area contributed by atoms with E-state index in [4.69, 9.17) is 9.26 Å². The topological polar surface area (TPSA) is 127 Å². The van der Waals surface area contributed by atoms with Crippen molar-refractivity contribution in [1.29, 1.82) is 0 Å². The first-order chi connectivity index (χ1) is 14.9. The van der Waals surface area contributed by atoms with Gasteiger partial charge in [-0.1, -0.05) is 25.1 Å². The lowest BCUT2D eigenvalue weighted by molar-refractivity contribution is -0.133. The van der Waals surface area contributed by atoms with Crippen LogP contribution in [0.5, 0.6) is 0 Å². The second kappa shape index (κ2) is 10.7. The maximum Gasteiger partial charge on any atom is 0.331 e. The minimum absolute atomic E-state index is 0.0307. The molecule has 0 saturated carbocycles. The zero-order chi connectivity index (χ0) is 22.4. The van der Waals surface area contributed by atoms with Crippen LogP contribution in [0.4, 0.5) is 0 Å². The SMILES string of the molecule is CCC(CC)O[C@@H]1C=C(C(=O)O)C[C@H](NCc2noc(-c3cccs3)n2)[C@H]1NC(C)=O. The van der Waals surface area contributed by atoms with Crippen molar-refractivity contribution in [3.05, 3.63) is 35.0 Å². The number of carbonyl (C=O) groups excluding carboxylic acids is 1. The van der Waals surface area contributed by atoms with Crippen molar-refractivity contribution in [3.63, 3.8) is 0 Å². The van der Waals surface area contributed by atoms with Crippen LogP contribution in [-0.2, 0) is 20.9 Å². The van der Waals surface area contributed by atoms with Crippen LogP contribution < -0.4 is 10.6 Å². The van der Waals surface area contributed by atoms with Gasteiger partial charge in [0.25, 0.3) is 5.89 Å². The van der Waals surface area contributed by atoms with E-state index >= 15 is 0 Å². The average Bonchev–Trinajstić information content (AvgIpc) is 3.43. The van der Waals surface area contributed by atoms with Gasteiger partial charge in [-0.3, -0.25) is 4.79 Å². The summed E-state index contributed by atoms with van der Waals surface area (Å²) in [7, 11) is 0. The first-order valence-corrected chi connectivity index (χ1v) is 11.3. The highest BCUT2D eigenvalue weighted by molar-refractivity contribution is 7.13.